The molecule has 2 N–H and O–H groups in total. The van der Waals surface area contributed by atoms with Crippen molar-refractivity contribution in [2.45, 2.75) is 26.2 Å². The number of anilines is 1. The first-order valence-corrected chi connectivity index (χ1v) is 7.02. The minimum Gasteiger partial charge on any atom is -0.481 e. The summed E-state index contributed by atoms with van der Waals surface area (Å²) in [5.41, 5.74) is 2.61. The van der Waals surface area contributed by atoms with Gasteiger partial charge in [-0.1, -0.05) is 26.0 Å². The number of nitrogens with one attached hydrogen (secondary N) is 1. The maximum Gasteiger partial charge on any atom is 0.307 e. The van der Waals surface area contributed by atoms with Crippen LogP contribution in [0.15, 0.2) is 30.5 Å². The molecule has 2 rings (SSSR count). The third-order valence-corrected chi connectivity index (χ3v) is 3.22. The van der Waals surface area contributed by atoms with E-state index in [0.29, 0.717) is 16.8 Å². The van der Waals surface area contributed by atoms with E-state index in [1.807, 2.05) is 13.8 Å². The van der Waals surface area contributed by atoms with E-state index < -0.39 is 5.97 Å². The summed E-state index contributed by atoms with van der Waals surface area (Å²) >= 11 is 0. The Balaban J connectivity index is 2.13. The maximum absolute atomic E-state index is 12.4. The molecule has 0 spiro atoms. The van der Waals surface area contributed by atoms with Crippen molar-refractivity contribution in [1.29, 1.82) is 0 Å². The normalized spacial score (nSPS) is 10.7. The topological polar surface area (TPSA) is 84.2 Å². The van der Waals surface area contributed by atoms with Gasteiger partial charge in [-0.05, 0) is 23.6 Å². The predicted molar refractivity (Wildman–Crippen MR) is 83.0 cm³/mol. The monoisotopic (exact) mass is 301 g/mol. The fourth-order valence-corrected chi connectivity index (χ4v) is 2.19. The van der Waals surface area contributed by atoms with Gasteiger partial charge in [-0.25, -0.2) is 0 Å². The zero-order chi connectivity index (χ0) is 16.3. The predicted octanol–water partition coefficient (Wildman–Crippen LogP) is 2.42. The van der Waals surface area contributed by atoms with E-state index in [1.165, 1.54) is 0 Å². The van der Waals surface area contributed by atoms with Crippen LogP contribution in [-0.2, 0) is 18.3 Å². The van der Waals surface area contributed by atoms with E-state index in [2.05, 4.69) is 10.4 Å². The van der Waals surface area contributed by atoms with E-state index in [1.54, 1.807) is 42.2 Å². The SMILES string of the molecule is CC(C)c1nn(C)cc1C(=O)Nc1ccc(CC(=O)O)cc1. The van der Waals surface area contributed by atoms with Gasteiger partial charge in [0.2, 0.25) is 0 Å². The van der Waals surface area contributed by atoms with Crippen LogP contribution in [0.2, 0.25) is 0 Å². The number of aryl methyl sites for hydroxylation is 1. The zero-order valence-corrected chi connectivity index (χ0v) is 12.8. The number of rotatable bonds is 5. The van der Waals surface area contributed by atoms with Crippen molar-refractivity contribution < 1.29 is 14.7 Å². The highest BCUT2D eigenvalue weighted by molar-refractivity contribution is 6.05. The fourth-order valence-electron chi connectivity index (χ4n) is 2.19. The van der Waals surface area contributed by atoms with Crippen molar-refractivity contribution in [1.82, 2.24) is 9.78 Å². The molecule has 0 fully saturated rings. The lowest BCUT2D eigenvalue weighted by molar-refractivity contribution is -0.136. The number of hydrogen-bond acceptors (Lipinski definition) is 3. The minimum atomic E-state index is -0.881. The standard InChI is InChI=1S/C16H19N3O3/c1-10(2)15-13(9-19(3)18-15)16(22)17-12-6-4-11(5-7-12)8-14(20)21/h4-7,9-10H,8H2,1-3H3,(H,17,22)(H,20,21). The van der Waals surface area contributed by atoms with Crippen molar-refractivity contribution in [2.75, 3.05) is 5.32 Å². The molecule has 0 radical (unpaired) electrons. The third-order valence-electron chi connectivity index (χ3n) is 3.22. The van der Waals surface area contributed by atoms with Gasteiger partial charge < -0.3 is 10.4 Å². The second kappa shape index (κ2) is 6.43. The molecule has 6 nitrogen and oxygen atoms in total. The van der Waals surface area contributed by atoms with Crippen LogP contribution in [0.3, 0.4) is 0 Å². The van der Waals surface area contributed by atoms with Crippen LogP contribution >= 0.6 is 0 Å². The average Bonchev–Trinajstić information content (AvgIpc) is 2.83. The van der Waals surface area contributed by atoms with Crippen LogP contribution in [0.1, 0.15) is 41.4 Å². The van der Waals surface area contributed by atoms with Gasteiger partial charge in [-0.3, -0.25) is 14.3 Å². The van der Waals surface area contributed by atoms with Gasteiger partial charge in [-0.15, -0.1) is 0 Å². The Morgan fingerprint density at radius 3 is 2.45 bits per heavy atom. The number of amides is 1. The van der Waals surface area contributed by atoms with Gasteiger partial charge in [0.25, 0.3) is 5.91 Å². The highest BCUT2D eigenvalue weighted by Gasteiger charge is 2.18. The second-order valence-electron chi connectivity index (χ2n) is 5.48. The first kappa shape index (κ1) is 15.8. The van der Waals surface area contributed by atoms with Gasteiger partial charge in [0.05, 0.1) is 17.7 Å². The van der Waals surface area contributed by atoms with Crippen molar-refractivity contribution in [3.05, 3.63) is 47.3 Å². The first-order valence-electron chi connectivity index (χ1n) is 7.02. The Bertz CT molecular complexity index is 687. The number of aliphatic carboxylic acids is 1. The van der Waals surface area contributed by atoms with Gasteiger partial charge in [0.15, 0.2) is 0 Å². The summed E-state index contributed by atoms with van der Waals surface area (Å²) in [7, 11) is 1.78. The molecule has 6 heteroatoms. The molecular weight excluding hydrogens is 282 g/mol. The molecule has 116 valence electrons. The second-order valence-corrected chi connectivity index (χ2v) is 5.48. The molecule has 0 bridgehead atoms. The molecule has 2 aromatic rings. The van der Waals surface area contributed by atoms with E-state index in [4.69, 9.17) is 5.11 Å². The number of aromatic nitrogens is 2. The third kappa shape index (κ3) is 3.72. The van der Waals surface area contributed by atoms with E-state index in [0.717, 1.165) is 5.69 Å². The summed E-state index contributed by atoms with van der Waals surface area (Å²) in [6.45, 7) is 3.97. The molecule has 1 heterocycles. The molecule has 1 amide bonds. The fraction of sp³-hybridized carbons (Fsp3) is 0.312. The van der Waals surface area contributed by atoms with Gasteiger partial charge >= 0.3 is 5.97 Å². The van der Waals surface area contributed by atoms with Crippen LogP contribution in [0.5, 0.6) is 0 Å². The van der Waals surface area contributed by atoms with E-state index in [9.17, 15) is 9.59 Å². The van der Waals surface area contributed by atoms with E-state index >= 15 is 0 Å². The van der Waals surface area contributed by atoms with Crippen LogP contribution in [0.4, 0.5) is 5.69 Å². The average molecular weight is 301 g/mol. The first-order chi connectivity index (χ1) is 10.4. The minimum absolute atomic E-state index is 0.0334. The molecule has 22 heavy (non-hydrogen) atoms. The lowest BCUT2D eigenvalue weighted by Crippen LogP contribution is -2.13. The van der Waals surface area contributed by atoms with Gasteiger partial charge in [0, 0.05) is 18.9 Å². The number of benzene rings is 1. The van der Waals surface area contributed by atoms with Crippen LogP contribution in [-0.4, -0.2) is 26.8 Å². The van der Waals surface area contributed by atoms with Crippen molar-refractivity contribution in [3.63, 3.8) is 0 Å². The molecular formula is C16H19N3O3. The summed E-state index contributed by atoms with van der Waals surface area (Å²) in [5.74, 6) is -0.948. The quantitative estimate of drug-likeness (QED) is 0.888. The van der Waals surface area contributed by atoms with Crippen molar-refractivity contribution >= 4 is 17.6 Å². The summed E-state index contributed by atoms with van der Waals surface area (Å²) in [4.78, 5) is 23.0. The molecule has 0 saturated heterocycles. The van der Waals surface area contributed by atoms with Crippen molar-refractivity contribution in [3.8, 4) is 0 Å². The van der Waals surface area contributed by atoms with Crippen molar-refractivity contribution in [2.24, 2.45) is 7.05 Å². The van der Waals surface area contributed by atoms with E-state index in [-0.39, 0.29) is 18.2 Å². The number of carboxylic acids is 1. The molecule has 0 aliphatic carbocycles. The molecule has 1 aromatic heterocycles. The number of nitrogens with zero attached hydrogens (tertiary/aromatic N) is 2. The number of carbonyl (C=O) groups is 2. The Morgan fingerprint density at radius 2 is 1.91 bits per heavy atom. The molecule has 0 saturated carbocycles. The lowest BCUT2D eigenvalue weighted by atomic mass is 10.1. The molecule has 1 aromatic carbocycles. The van der Waals surface area contributed by atoms with Crippen LogP contribution < -0.4 is 5.32 Å². The summed E-state index contributed by atoms with van der Waals surface area (Å²) in [6, 6.07) is 6.77. The Hall–Kier alpha value is -2.63. The maximum atomic E-state index is 12.4. The zero-order valence-electron chi connectivity index (χ0n) is 12.8. The van der Waals surface area contributed by atoms with Crippen LogP contribution in [0, 0.1) is 0 Å². The largest absolute Gasteiger partial charge is 0.481 e. The highest BCUT2D eigenvalue weighted by atomic mass is 16.4. The number of carboxylic acid groups (broad SMARTS) is 1. The lowest BCUT2D eigenvalue weighted by Gasteiger charge is -2.07. The molecule has 0 aliphatic rings. The molecule has 0 unspecified atom stereocenters. The highest BCUT2D eigenvalue weighted by Crippen LogP contribution is 2.19. The molecule has 0 atom stereocenters. The summed E-state index contributed by atoms with van der Waals surface area (Å²) in [5, 5.41) is 15.9. The number of carbonyl (C=O) groups excluding carboxylic acids is 1. The van der Waals surface area contributed by atoms with Gasteiger partial charge in [0.1, 0.15) is 0 Å². The van der Waals surface area contributed by atoms with Crippen LogP contribution in [0.25, 0.3) is 0 Å². The Morgan fingerprint density at radius 1 is 1.27 bits per heavy atom. The number of hydrogen-bond donors (Lipinski definition) is 2. The smallest absolute Gasteiger partial charge is 0.307 e. The van der Waals surface area contributed by atoms with Gasteiger partial charge in [-0.2, -0.15) is 5.10 Å². The summed E-state index contributed by atoms with van der Waals surface area (Å²) < 4.78 is 1.63. The molecule has 0 aliphatic heterocycles. The summed E-state index contributed by atoms with van der Waals surface area (Å²) in [6.07, 6.45) is 1.66. The Labute approximate surface area is 128 Å². The Kier molecular flexibility index (Phi) is 4.60.